The molecule has 0 spiro atoms. The molecule has 1 unspecified atom stereocenters. The van der Waals surface area contributed by atoms with E-state index in [-0.39, 0.29) is 12.1 Å². The molecule has 0 fully saturated rings. The molecule has 0 radical (unpaired) electrons. The second-order valence-corrected chi connectivity index (χ2v) is 6.31. The van der Waals surface area contributed by atoms with E-state index < -0.39 is 0 Å². The van der Waals surface area contributed by atoms with Crippen molar-refractivity contribution in [1.29, 1.82) is 0 Å². The van der Waals surface area contributed by atoms with Crippen LogP contribution in [0.3, 0.4) is 0 Å². The summed E-state index contributed by atoms with van der Waals surface area (Å²) < 4.78 is 0. The molecule has 2 aromatic rings. The van der Waals surface area contributed by atoms with Gasteiger partial charge in [0.05, 0.1) is 12.3 Å². The first-order valence-electron chi connectivity index (χ1n) is 6.89. The maximum atomic E-state index is 9.17. The Balaban J connectivity index is 1.96. The zero-order valence-electron chi connectivity index (χ0n) is 11.3. The van der Waals surface area contributed by atoms with Crippen LogP contribution in [-0.2, 0) is 18.4 Å². The fraction of sp³-hybridized carbons (Fsp3) is 0.400. The van der Waals surface area contributed by atoms with Gasteiger partial charge >= 0.3 is 0 Å². The van der Waals surface area contributed by atoms with Gasteiger partial charge in [-0.1, -0.05) is 30.3 Å². The van der Waals surface area contributed by atoms with Gasteiger partial charge in [0.15, 0.2) is 5.13 Å². The highest BCUT2D eigenvalue weighted by atomic mass is 32.1. The topological polar surface area (TPSA) is 71.2 Å². The summed E-state index contributed by atoms with van der Waals surface area (Å²) in [7, 11) is 0. The predicted octanol–water partition coefficient (Wildman–Crippen LogP) is 1.69. The highest BCUT2D eigenvalue weighted by molar-refractivity contribution is 7.15. The second kappa shape index (κ2) is 5.52. The van der Waals surface area contributed by atoms with Gasteiger partial charge in [0.1, 0.15) is 0 Å². The van der Waals surface area contributed by atoms with Gasteiger partial charge in [-0.3, -0.25) is 0 Å². The van der Waals surface area contributed by atoms with Gasteiger partial charge in [0.2, 0.25) is 0 Å². The number of nitrogens with zero attached hydrogens (tertiary/aromatic N) is 1. The summed E-state index contributed by atoms with van der Waals surface area (Å²) in [6.45, 7) is 0.741. The lowest BCUT2D eigenvalue weighted by Crippen LogP contribution is -2.47. The van der Waals surface area contributed by atoms with Crippen LogP contribution >= 0.6 is 11.3 Å². The van der Waals surface area contributed by atoms with Crippen LogP contribution in [0, 0.1) is 0 Å². The van der Waals surface area contributed by atoms with E-state index in [2.05, 4.69) is 34.6 Å². The Morgan fingerprint density at radius 3 is 2.90 bits per heavy atom. The summed E-state index contributed by atoms with van der Waals surface area (Å²) in [5, 5.41) is 13.4. The van der Waals surface area contributed by atoms with Crippen molar-refractivity contribution in [2.75, 3.05) is 18.9 Å². The zero-order chi connectivity index (χ0) is 14.0. The summed E-state index contributed by atoms with van der Waals surface area (Å²) >= 11 is 1.58. The third-order valence-corrected chi connectivity index (χ3v) is 4.87. The molecule has 4 nitrogen and oxygen atoms in total. The minimum atomic E-state index is -0.115. The fourth-order valence-corrected chi connectivity index (χ4v) is 3.98. The molecule has 0 bridgehead atoms. The van der Waals surface area contributed by atoms with Gasteiger partial charge in [-0.25, -0.2) is 4.98 Å². The van der Waals surface area contributed by atoms with E-state index in [0.29, 0.717) is 11.7 Å². The molecule has 4 N–H and O–H groups in total. The number of thiazole rings is 1. The maximum absolute atomic E-state index is 9.17. The smallest absolute Gasteiger partial charge is 0.180 e. The highest BCUT2D eigenvalue weighted by Gasteiger charge is 2.37. The summed E-state index contributed by atoms with van der Waals surface area (Å²) in [4.78, 5) is 5.68. The molecule has 3 rings (SSSR count). The number of aromatic nitrogens is 1. The van der Waals surface area contributed by atoms with Crippen LogP contribution in [0.1, 0.15) is 22.6 Å². The van der Waals surface area contributed by atoms with E-state index in [1.807, 2.05) is 6.07 Å². The Morgan fingerprint density at radius 2 is 2.15 bits per heavy atom. The molecule has 1 aliphatic rings. The molecule has 1 aromatic carbocycles. The quantitative estimate of drug-likeness (QED) is 0.801. The number of aliphatic hydroxyl groups excluding tert-OH is 1. The molecule has 1 heterocycles. The molecule has 0 aliphatic heterocycles. The molecule has 1 atom stereocenters. The van der Waals surface area contributed by atoms with Crippen molar-refractivity contribution in [2.24, 2.45) is 0 Å². The lowest BCUT2D eigenvalue weighted by Gasteiger charge is -2.38. The van der Waals surface area contributed by atoms with Crippen LogP contribution in [0.2, 0.25) is 0 Å². The van der Waals surface area contributed by atoms with Gasteiger partial charge in [-0.05, 0) is 18.4 Å². The van der Waals surface area contributed by atoms with Crippen molar-refractivity contribution in [3.63, 3.8) is 0 Å². The van der Waals surface area contributed by atoms with Crippen LogP contribution in [-0.4, -0.2) is 23.2 Å². The Labute approximate surface area is 122 Å². The van der Waals surface area contributed by atoms with E-state index in [0.717, 1.165) is 25.0 Å². The number of nitrogen functional groups attached to an aromatic ring is 1. The summed E-state index contributed by atoms with van der Waals surface area (Å²) in [6.07, 6.45) is 2.80. The first kappa shape index (κ1) is 13.5. The molecule has 5 heteroatoms. The van der Waals surface area contributed by atoms with Crippen LogP contribution in [0.4, 0.5) is 5.13 Å². The van der Waals surface area contributed by atoms with Crippen LogP contribution in [0.15, 0.2) is 30.3 Å². The number of fused-ring (bicyclic) bond motifs is 1. The third-order valence-electron chi connectivity index (χ3n) is 3.95. The number of nitrogens with one attached hydrogen (secondary N) is 1. The van der Waals surface area contributed by atoms with Crippen molar-refractivity contribution < 1.29 is 5.11 Å². The van der Waals surface area contributed by atoms with E-state index in [4.69, 9.17) is 10.8 Å². The van der Waals surface area contributed by atoms with Gasteiger partial charge in [-0.2, -0.15) is 0 Å². The first-order chi connectivity index (χ1) is 9.73. The first-order valence-corrected chi connectivity index (χ1v) is 7.71. The average molecular weight is 289 g/mol. The SMILES string of the molecule is Nc1nc2c(s1)CC(NCCO)(c1ccccc1)CC2. The molecule has 20 heavy (non-hydrogen) atoms. The number of anilines is 1. The van der Waals surface area contributed by atoms with Crippen molar-refractivity contribution in [3.8, 4) is 0 Å². The van der Waals surface area contributed by atoms with Gasteiger partial charge < -0.3 is 16.2 Å². The molecular formula is C15H19N3OS. The number of aliphatic hydroxyl groups is 1. The van der Waals surface area contributed by atoms with Gasteiger partial charge in [0, 0.05) is 23.4 Å². The lowest BCUT2D eigenvalue weighted by molar-refractivity contribution is 0.235. The molecule has 0 saturated carbocycles. The Hall–Kier alpha value is -1.43. The fourth-order valence-electron chi connectivity index (χ4n) is 2.98. The molecule has 0 saturated heterocycles. The van der Waals surface area contributed by atoms with E-state index in [9.17, 15) is 0 Å². The third kappa shape index (κ3) is 2.44. The van der Waals surface area contributed by atoms with E-state index >= 15 is 0 Å². The minimum Gasteiger partial charge on any atom is -0.395 e. The molecule has 106 valence electrons. The van der Waals surface area contributed by atoms with Crippen molar-refractivity contribution in [3.05, 3.63) is 46.5 Å². The second-order valence-electron chi connectivity index (χ2n) is 5.20. The van der Waals surface area contributed by atoms with Gasteiger partial charge in [0.25, 0.3) is 0 Å². The highest BCUT2D eigenvalue weighted by Crippen LogP contribution is 2.39. The minimum absolute atomic E-state index is 0.115. The molecular weight excluding hydrogens is 270 g/mol. The Kier molecular flexibility index (Phi) is 3.74. The normalized spacial score (nSPS) is 21.6. The maximum Gasteiger partial charge on any atom is 0.180 e. The summed E-state index contributed by atoms with van der Waals surface area (Å²) in [5.74, 6) is 0. The molecule has 0 amide bonds. The molecule has 1 aromatic heterocycles. The van der Waals surface area contributed by atoms with Crippen molar-refractivity contribution >= 4 is 16.5 Å². The van der Waals surface area contributed by atoms with Crippen LogP contribution in [0.5, 0.6) is 0 Å². The van der Waals surface area contributed by atoms with Crippen LogP contribution < -0.4 is 11.1 Å². The lowest BCUT2D eigenvalue weighted by atomic mass is 9.77. The van der Waals surface area contributed by atoms with Crippen molar-refractivity contribution in [1.82, 2.24) is 10.3 Å². The number of aryl methyl sites for hydroxylation is 1. The number of hydrogen-bond acceptors (Lipinski definition) is 5. The Bertz CT molecular complexity index is 584. The molecule has 1 aliphatic carbocycles. The number of nitrogens with two attached hydrogens (primary N) is 1. The zero-order valence-corrected chi connectivity index (χ0v) is 12.1. The van der Waals surface area contributed by atoms with Crippen LogP contribution in [0.25, 0.3) is 0 Å². The van der Waals surface area contributed by atoms with E-state index in [1.54, 1.807) is 11.3 Å². The number of rotatable bonds is 4. The Morgan fingerprint density at radius 1 is 1.35 bits per heavy atom. The standard InChI is InChI=1S/C15H19N3OS/c16-14-18-12-6-7-15(17-8-9-19,10-13(12)20-14)11-4-2-1-3-5-11/h1-5,17,19H,6-10H2,(H2,16,18). The summed E-state index contributed by atoms with van der Waals surface area (Å²) in [5.41, 5.74) is 8.13. The number of hydrogen-bond donors (Lipinski definition) is 3. The number of benzene rings is 1. The average Bonchev–Trinajstić information content (AvgIpc) is 2.85. The van der Waals surface area contributed by atoms with Crippen molar-refractivity contribution in [2.45, 2.75) is 24.8 Å². The predicted molar refractivity (Wildman–Crippen MR) is 81.8 cm³/mol. The van der Waals surface area contributed by atoms with E-state index in [1.165, 1.54) is 10.4 Å². The van der Waals surface area contributed by atoms with Gasteiger partial charge in [-0.15, -0.1) is 11.3 Å². The largest absolute Gasteiger partial charge is 0.395 e. The monoisotopic (exact) mass is 289 g/mol. The summed E-state index contributed by atoms with van der Waals surface area (Å²) in [6, 6.07) is 10.5.